The lowest BCUT2D eigenvalue weighted by molar-refractivity contribution is -0.194. The highest BCUT2D eigenvalue weighted by atomic mass is 19.4. The van der Waals surface area contributed by atoms with E-state index in [0.29, 0.717) is 19.0 Å². The molecule has 5 heteroatoms. The highest BCUT2D eigenvalue weighted by Crippen LogP contribution is 2.45. The maximum Gasteiger partial charge on any atom is 0.391 e. The molecule has 0 aliphatic heterocycles. The number of alkyl halides is 3. The van der Waals surface area contributed by atoms with Gasteiger partial charge in [-0.25, -0.2) is 0 Å². The molecular formula is C16H29F3N2. The molecule has 0 saturated heterocycles. The Morgan fingerprint density at radius 3 is 2.29 bits per heavy atom. The minimum atomic E-state index is -4.08. The Hall–Kier alpha value is -0.290. The summed E-state index contributed by atoms with van der Waals surface area (Å²) in [5.74, 6) is -0.433. The predicted molar refractivity (Wildman–Crippen MR) is 79.0 cm³/mol. The maximum atomic E-state index is 13.1. The van der Waals surface area contributed by atoms with Crippen LogP contribution in [0.15, 0.2) is 0 Å². The molecule has 21 heavy (non-hydrogen) atoms. The standard InChI is InChI=1S/C16H29F3N2/c1-12-5-7-14(8-6-12)21(2)15(11-20)9-3-4-13(10-15)16(17,18)19/h12-14H,3-11,20H2,1-2H3. The van der Waals surface area contributed by atoms with Crippen LogP contribution in [-0.4, -0.2) is 36.2 Å². The van der Waals surface area contributed by atoms with Crippen LogP contribution in [0.5, 0.6) is 0 Å². The van der Waals surface area contributed by atoms with E-state index in [-0.39, 0.29) is 12.8 Å². The number of nitrogens with two attached hydrogens (primary N) is 1. The lowest BCUT2D eigenvalue weighted by Gasteiger charge is -2.51. The molecule has 0 spiro atoms. The summed E-state index contributed by atoms with van der Waals surface area (Å²) in [5, 5.41) is 0. The Morgan fingerprint density at radius 2 is 1.76 bits per heavy atom. The minimum Gasteiger partial charge on any atom is -0.329 e. The van der Waals surface area contributed by atoms with Gasteiger partial charge in [0.2, 0.25) is 0 Å². The molecule has 2 rings (SSSR count). The second-order valence-electron chi connectivity index (χ2n) is 7.29. The third-order valence-electron chi connectivity index (χ3n) is 5.95. The Morgan fingerprint density at radius 1 is 1.14 bits per heavy atom. The third-order valence-corrected chi connectivity index (χ3v) is 5.95. The van der Waals surface area contributed by atoms with Crippen molar-refractivity contribution in [1.82, 2.24) is 4.90 Å². The van der Waals surface area contributed by atoms with Gasteiger partial charge in [-0.2, -0.15) is 13.2 Å². The molecule has 2 unspecified atom stereocenters. The summed E-state index contributed by atoms with van der Waals surface area (Å²) in [5.41, 5.74) is 5.51. The summed E-state index contributed by atoms with van der Waals surface area (Å²) >= 11 is 0. The van der Waals surface area contributed by atoms with Gasteiger partial charge < -0.3 is 5.73 Å². The van der Waals surface area contributed by atoms with Crippen molar-refractivity contribution in [3.63, 3.8) is 0 Å². The lowest BCUT2D eigenvalue weighted by Crippen LogP contribution is -2.59. The monoisotopic (exact) mass is 306 g/mol. The van der Waals surface area contributed by atoms with E-state index in [9.17, 15) is 13.2 Å². The zero-order chi connectivity index (χ0) is 15.7. The van der Waals surface area contributed by atoms with Crippen LogP contribution in [0.4, 0.5) is 13.2 Å². The number of hydrogen-bond acceptors (Lipinski definition) is 2. The van der Waals surface area contributed by atoms with Gasteiger partial charge in [0.15, 0.2) is 0 Å². The average Bonchev–Trinajstić information content (AvgIpc) is 2.46. The fraction of sp³-hybridized carbons (Fsp3) is 1.00. The molecule has 0 radical (unpaired) electrons. The molecule has 2 atom stereocenters. The number of hydrogen-bond donors (Lipinski definition) is 1. The average molecular weight is 306 g/mol. The van der Waals surface area contributed by atoms with Gasteiger partial charge in [0.1, 0.15) is 0 Å². The molecule has 0 amide bonds. The van der Waals surface area contributed by atoms with Crippen LogP contribution in [0.25, 0.3) is 0 Å². The Balaban J connectivity index is 2.09. The maximum absolute atomic E-state index is 13.1. The first kappa shape index (κ1) is 17.1. The highest BCUT2D eigenvalue weighted by molar-refractivity contribution is 4.99. The van der Waals surface area contributed by atoms with E-state index >= 15 is 0 Å². The van der Waals surface area contributed by atoms with Crippen molar-refractivity contribution in [1.29, 1.82) is 0 Å². The van der Waals surface area contributed by atoms with E-state index < -0.39 is 17.6 Å². The van der Waals surface area contributed by atoms with Crippen LogP contribution < -0.4 is 5.73 Å². The van der Waals surface area contributed by atoms with Crippen molar-refractivity contribution in [2.45, 2.75) is 76.0 Å². The number of rotatable bonds is 3. The van der Waals surface area contributed by atoms with Crippen LogP contribution in [0.3, 0.4) is 0 Å². The first-order chi connectivity index (χ1) is 9.78. The predicted octanol–water partition coefficient (Wildman–Crippen LogP) is 3.95. The van der Waals surface area contributed by atoms with Gasteiger partial charge in [0.05, 0.1) is 5.92 Å². The number of halogens is 3. The lowest BCUT2D eigenvalue weighted by atomic mass is 9.73. The number of likely N-dealkylation sites (N-methyl/N-ethyl adjacent to an activating group) is 1. The van der Waals surface area contributed by atoms with Crippen LogP contribution in [0.1, 0.15) is 58.3 Å². The summed E-state index contributed by atoms with van der Waals surface area (Å²) in [7, 11) is 2.01. The first-order valence-electron chi connectivity index (χ1n) is 8.28. The molecule has 0 bridgehead atoms. The summed E-state index contributed by atoms with van der Waals surface area (Å²) < 4.78 is 39.4. The van der Waals surface area contributed by atoms with Crippen LogP contribution in [-0.2, 0) is 0 Å². The molecule has 0 aromatic heterocycles. The largest absolute Gasteiger partial charge is 0.391 e. The Kier molecular flexibility index (Phi) is 5.24. The SMILES string of the molecule is CC1CCC(N(C)C2(CN)CCCC(C(F)(F)F)C2)CC1. The highest BCUT2D eigenvalue weighted by Gasteiger charge is 2.49. The number of nitrogens with zero attached hydrogens (tertiary/aromatic N) is 1. The Bertz CT molecular complexity index is 337. The zero-order valence-corrected chi connectivity index (χ0v) is 13.3. The van der Waals surface area contributed by atoms with Gasteiger partial charge in [-0.3, -0.25) is 4.90 Å². The van der Waals surface area contributed by atoms with Crippen molar-refractivity contribution in [3.8, 4) is 0 Å². The van der Waals surface area contributed by atoms with Gasteiger partial charge in [-0.15, -0.1) is 0 Å². The quantitative estimate of drug-likeness (QED) is 0.855. The molecule has 2 aliphatic carbocycles. The first-order valence-corrected chi connectivity index (χ1v) is 8.28. The van der Waals surface area contributed by atoms with E-state index in [4.69, 9.17) is 5.73 Å². The van der Waals surface area contributed by atoms with Crippen LogP contribution in [0.2, 0.25) is 0 Å². The second-order valence-corrected chi connectivity index (χ2v) is 7.29. The molecule has 2 nitrogen and oxygen atoms in total. The molecule has 0 heterocycles. The fourth-order valence-corrected chi connectivity index (χ4v) is 4.29. The zero-order valence-electron chi connectivity index (χ0n) is 13.3. The molecule has 2 aliphatic rings. The summed E-state index contributed by atoms with van der Waals surface area (Å²) in [6, 6.07) is 0.400. The van der Waals surface area contributed by atoms with Gasteiger partial charge in [-0.1, -0.05) is 13.3 Å². The summed E-state index contributed by atoms with van der Waals surface area (Å²) in [6.45, 7) is 2.59. The minimum absolute atomic E-state index is 0.176. The molecule has 0 aromatic carbocycles. The van der Waals surface area contributed by atoms with E-state index in [1.54, 1.807) is 0 Å². The molecule has 2 saturated carbocycles. The summed E-state index contributed by atoms with van der Waals surface area (Å²) in [6.07, 6.45) is 2.34. The van der Waals surface area contributed by atoms with E-state index in [1.165, 1.54) is 12.8 Å². The van der Waals surface area contributed by atoms with Crippen molar-refractivity contribution in [2.75, 3.05) is 13.6 Å². The van der Waals surface area contributed by atoms with Gasteiger partial charge >= 0.3 is 6.18 Å². The molecule has 124 valence electrons. The third kappa shape index (κ3) is 3.73. The van der Waals surface area contributed by atoms with E-state index in [0.717, 1.165) is 25.2 Å². The van der Waals surface area contributed by atoms with Crippen molar-refractivity contribution >= 4 is 0 Å². The van der Waals surface area contributed by atoms with Crippen LogP contribution >= 0.6 is 0 Å². The van der Waals surface area contributed by atoms with Gasteiger partial charge in [0.25, 0.3) is 0 Å². The van der Waals surface area contributed by atoms with Crippen LogP contribution in [0, 0.1) is 11.8 Å². The molecule has 0 aromatic rings. The van der Waals surface area contributed by atoms with E-state index in [1.807, 2.05) is 7.05 Å². The summed E-state index contributed by atoms with van der Waals surface area (Å²) in [4.78, 5) is 2.22. The normalized spacial score (nSPS) is 38.7. The van der Waals surface area contributed by atoms with Gasteiger partial charge in [-0.05, 0) is 57.9 Å². The molecule has 2 N–H and O–H groups in total. The Labute approximate surface area is 126 Å². The fourth-order valence-electron chi connectivity index (χ4n) is 4.29. The van der Waals surface area contributed by atoms with Crippen molar-refractivity contribution < 1.29 is 13.2 Å². The van der Waals surface area contributed by atoms with Crippen molar-refractivity contribution in [2.24, 2.45) is 17.6 Å². The second kappa shape index (κ2) is 6.45. The molecule has 2 fully saturated rings. The van der Waals surface area contributed by atoms with E-state index in [2.05, 4.69) is 11.8 Å². The topological polar surface area (TPSA) is 29.3 Å². The smallest absolute Gasteiger partial charge is 0.329 e. The van der Waals surface area contributed by atoms with Crippen molar-refractivity contribution in [3.05, 3.63) is 0 Å². The van der Waals surface area contributed by atoms with Gasteiger partial charge in [0, 0.05) is 18.1 Å². The molecular weight excluding hydrogens is 277 g/mol.